The second-order valence-electron chi connectivity index (χ2n) is 5.55. The van der Waals surface area contributed by atoms with E-state index in [0.29, 0.717) is 11.7 Å². The average Bonchev–Trinajstić information content (AvgIpc) is 2.88. The Labute approximate surface area is 126 Å². The van der Waals surface area contributed by atoms with Crippen LogP contribution < -0.4 is 11.1 Å². The van der Waals surface area contributed by atoms with Crippen molar-refractivity contribution >= 4 is 21.4 Å². The highest BCUT2D eigenvalue weighted by Gasteiger charge is 2.25. The number of nitrogens with two attached hydrogens (primary N) is 1. The third kappa shape index (κ3) is 3.48. The van der Waals surface area contributed by atoms with Crippen LogP contribution >= 0.6 is 0 Å². The van der Waals surface area contributed by atoms with Crippen LogP contribution in [-0.4, -0.2) is 46.1 Å². The number of methoxy groups -OCH3 is 1. The van der Waals surface area contributed by atoms with Gasteiger partial charge in [0.2, 0.25) is 10.0 Å². The Morgan fingerprint density at radius 3 is 2.57 bits per heavy atom. The fourth-order valence-corrected chi connectivity index (χ4v) is 3.49. The molecule has 21 heavy (non-hydrogen) atoms. The Balaban J connectivity index is 2.14. The van der Waals surface area contributed by atoms with Crippen LogP contribution in [0, 0.1) is 0 Å². The van der Waals surface area contributed by atoms with Gasteiger partial charge in [-0.15, -0.1) is 0 Å². The largest absolute Gasteiger partial charge is 0.397 e. The molecule has 1 aromatic rings. The minimum absolute atomic E-state index is 0.205. The predicted molar refractivity (Wildman–Crippen MR) is 83.8 cm³/mol. The third-order valence-electron chi connectivity index (χ3n) is 3.88. The van der Waals surface area contributed by atoms with Crippen LogP contribution in [0.15, 0.2) is 23.1 Å². The van der Waals surface area contributed by atoms with Crippen LogP contribution in [0.25, 0.3) is 0 Å². The van der Waals surface area contributed by atoms with E-state index in [1.807, 2.05) is 0 Å². The predicted octanol–water partition coefficient (Wildman–Crippen LogP) is 1.50. The molecule has 6 nitrogen and oxygen atoms in total. The Morgan fingerprint density at radius 2 is 2.05 bits per heavy atom. The van der Waals surface area contributed by atoms with Gasteiger partial charge in [-0.1, -0.05) is 0 Å². The lowest BCUT2D eigenvalue weighted by atomic mass is 10.2. The van der Waals surface area contributed by atoms with E-state index in [4.69, 9.17) is 10.5 Å². The van der Waals surface area contributed by atoms with E-state index in [-0.39, 0.29) is 11.0 Å². The number of anilines is 2. The fraction of sp³-hybridized carbons (Fsp3) is 0.571. The first-order valence-corrected chi connectivity index (χ1v) is 8.40. The van der Waals surface area contributed by atoms with Gasteiger partial charge >= 0.3 is 0 Å². The van der Waals surface area contributed by atoms with Crippen molar-refractivity contribution < 1.29 is 13.2 Å². The van der Waals surface area contributed by atoms with Gasteiger partial charge in [0, 0.05) is 27.2 Å². The van der Waals surface area contributed by atoms with E-state index in [1.54, 1.807) is 19.2 Å². The van der Waals surface area contributed by atoms with Crippen LogP contribution in [0.4, 0.5) is 11.4 Å². The molecule has 0 radical (unpaired) electrons. The Hall–Kier alpha value is -1.31. The van der Waals surface area contributed by atoms with Gasteiger partial charge in [0.1, 0.15) is 0 Å². The Morgan fingerprint density at radius 1 is 1.33 bits per heavy atom. The molecule has 0 saturated heterocycles. The topological polar surface area (TPSA) is 84.7 Å². The normalized spacial score (nSPS) is 22.7. The summed E-state index contributed by atoms with van der Waals surface area (Å²) in [7, 11) is 1.28. The molecule has 1 aliphatic carbocycles. The molecule has 0 spiro atoms. The summed E-state index contributed by atoms with van der Waals surface area (Å²) in [4.78, 5) is 0.205. The molecule has 2 unspecified atom stereocenters. The highest BCUT2D eigenvalue weighted by molar-refractivity contribution is 7.89. The van der Waals surface area contributed by atoms with Crippen molar-refractivity contribution in [2.45, 2.75) is 36.3 Å². The second-order valence-corrected chi connectivity index (χ2v) is 7.70. The number of nitrogens with one attached hydrogen (secondary N) is 1. The maximum Gasteiger partial charge on any atom is 0.242 e. The maximum atomic E-state index is 12.1. The molecule has 1 fully saturated rings. The maximum absolute atomic E-state index is 12.1. The third-order valence-corrected chi connectivity index (χ3v) is 5.69. The molecule has 0 bridgehead atoms. The van der Waals surface area contributed by atoms with Crippen molar-refractivity contribution in [3.63, 3.8) is 0 Å². The van der Waals surface area contributed by atoms with Gasteiger partial charge in [0.05, 0.1) is 22.4 Å². The number of sulfonamides is 1. The van der Waals surface area contributed by atoms with Gasteiger partial charge in [0.15, 0.2) is 0 Å². The molecule has 0 amide bonds. The fourth-order valence-electron chi connectivity index (χ4n) is 2.55. The summed E-state index contributed by atoms with van der Waals surface area (Å²) < 4.78 is 30.6. The van der Waals surface area contributed by atoms with Gasteiger partial charge in [-0.3, -0.25) is 0 Å². The lowest BCUT2D eigenvalue weighted by molar-refractivity contribution is 0.108. The zero-order valence-corrected chi connectivity index (χ0v) is 13.5. The van der Waals surface area contributed by atoms with Crippen molar-refractivity contribution in [2.24, 2.45) is 0 Å². The first kappa shape index (κ1) is 16.1. The molecule has 0 aromatic heterocycles. The standard InChI is InChI=1S/C14H23N3O3S/c1-17(2)21(18,19)12-6-7-14(13(15)9-12)16-10-4-5-11(8-10)20-3/h6-7,9-11,16H,4-5,8,15H2,1-3H3. The number of nitrogens with zero attached hydrogens (tertiary/aromatic N) is 1. The number of ether oxygens (including phenoxy) is 1. The first-order chi connectivity index (χ1) is 9.84. The molecule has 2 atom stereocenters. The zero-order chi connectivity index (χ0) is 15.6. The van der Waals surface area contributed by atoms with Crippen LogP contribution in [-0.2, 0) is 14.8 Å². The molecular formula is C14H23N3O3S. The highest BCUT2D eigenvalue weighted by atomic mass is 32.2. The van der Waals surface area contributed by atoms with Crippen molar-refractivity contribution in [1.29, 1.82) is 0 Å². The number of hydrogen-bond donors (Lipinski definition) is 2. The van der Waals surface area contributed by atoms with Crippen molar-refractivity contribution in [1.82, 2.24) is 4.31 Å². The molecule has 2 rings (SSSR count). The molecule has 0 heterocycles. The van der Waals surface area contributed by atoms with E-state index in [9.17, 15) is 8.42 Å². The molecule has 1 saturated carbocycles. The zero-order valence-electron chi connectivity index (χ0n) is 12.7. The Bertz CT molecular complexity index is 601. The number of nitrogen functional groups attached to an aromatic ring is 1. The molecule has 3 N–H and O–H groups in total. The summed E-state index contributed by atoms with van der Waals surface area (Å²) in [6.45, 7) is 0. The highest BCUT2D eigenvalue weighted by Crippen LogP contribution is 2.29. The van der Waals surface area contributed by atoms with Crippen LogP contribution in [0.5, 0.6) is 0 Å². The minimum atomic E-state index is -3.45. The summed E-state index contributed by atoms with van der Waals surface area (Å²) >= 11 is 0. The van der Waals surface area contributed by atoms with Gasteiger partial charge in [0.25, 0.3) is 0 Å². The Kier molecular flexibility index (Phi) is 4.75. The average molecular weight is 313 g/mol. The quantitative estimate of drug-likeness (QED) is 0.805. The van der Waals surface area contributed by atoms with E-state index in [2.05, 4.69) is 5.32 Å². The SMILES string of the molecule is COC1CCC(Nc2ccc(S(=O)(=O)N(C)C)cc2N)C1. The molecule has 118 valence electrons. The number of hydrogen-bond acceptors (Lipinski definition) is 5. The van der Waals surface area contributed by atoms with Gasteiger partial charge in [-0.25, -0.2) is 12.7 Å². The lowest BCUT2D eigenvalue weighted by Gasteiger charge is -2.18. The molecular weight excluding hydrogens is 290 g/mol. The van der Waals surface area contributed by atoms with Crippen LogP contribution in [0.1, 0.15) is 19.3 Å². The van der Waals surface area contributed by atoms with Gasteiger partial charge in [-0.05, 0) is 37.5 Å². The molecule has 1 aromatic carbocycles. The van der Waals surface area contributed by atoms with Crippen LogP contribution in [0.2, 0.25) is 0 Å². The van der Waals surface area contributed by atoms with Crippen molar-refractivity contribution in [3.8, 4) is 0 Å². The van der Waals surface area contributed by atoms with Gasteiger partial charge < -0.3 is 15.8 Å². The molecule has 1 aliphatic rings. The number of rotatable bonds is 5. The van der Waals surface area contributed by atoms with E-state index >= 15 is 0 Å². The molecule has 0 aliphatic heterocycles. The second kappa shape index (κ2) is 6.21. The van der Waals surface area contributed by atoms with E-state index in [1.165, 1.54) is 24.5 Å². The van der Waals surface area contributed by atoms with E-state index < -0.39 is 10.0 Å². The van der Waals surface area contributed by atoms with Gasteiger partial charge in [-0.2, -0.15) is 0 Å². The van der Waals surface area contributed by atoms with Crippen molar-refractivity contribution in [2.75, 3.05) is 32.3 Å². The summed E-state index contributed by atoms with van der Waals surface area (Å²) in [5, 5.41) is 3.37. The first-order valence-electron chi connectivity index (χ1n) is 6.96. The summed E-state index contributed by atoms with van der Waals surface area (Å²) in [6.07, 6.45) is 3.28. The summed E-state index contributed by atoms with van der Waals surface area (Å²) in [6, 6.07) is 5.12. The van der Waals surface area contributed by atoms with Crippen LogP contribution in [0.3, 0.4) is 0 Å². The van der Waals surface area contributed by atoms with E-state index in [0.717, 1.165) is 24.9 Å². The summed E-state index contributed by atoms with van der Waals surface area (Å²) in [5.41, 5.74) is 7.20. The number of benzene rings is 1. The monoisotopic (exact) mass is 313 g/mol. The minimum Gasteiger partial charge on any atom is -0.397 e. The lowest BCUT2D eigenvalue weighted by Crippen LogP contribution is -2.22. The summed E-state index contributed by atoms with van der Waals surface area (Å²) in [5.74, 6) is 0. The molecule has 7 heteroatoms. The van der Waals surface area contributed by atoms with Crippen molar-refractivity contribution in [3.05, 3.63) is 18.2 Å². The smallest absolute Gasteiger partial charge is 0.242 e.